The second-order valence-electron chi connectivity index (χ2n) is 5.12. The van der Waals surface area contributed by atoms with Crippen molar-refractivity contribution in [2.75, 3.05) is 0 Å². The minimum atomic E-state index is -0.319. The van der Waals surface area contributed by atoms with Crippen molar-refractivity contribution in [3.63, 3.8) is 0 Å². The van der Waals surface area contributed by atoms with Crippen LogP contribution < -0.4 is 5.06 Å². The third-order valence-electron chi connectivity index (χ3n) is 3.41. The lowest BCUT2D eigenvalue weighted by atomic mass is 9.91. The smallest absolute Gasteiger partial charge is 0.118 e. The van der Waals surface area contributed by atoms with Gasteiger partial charge in [0.25, 0.3) is 0 Å². The average Bonchev–Trinajstić information content (AvgIpc) is 2.28. The molecule has 0 unspecified atom stereocenters. The Kier molecular flexibility index (Phi) is 1.79. The Morgan fingerprint density at radius 2 is 1.29 bits per heavy atom. The molecule has 0 aliphatic carbocycles. The molecule has 0 saturated carbocycles. The van der Waals surface area contributed by atoms with Gasteiger partial charge in [-0.25, -0.2) is 0 Å². The van der Waals surface area contributed by atoms with Gasteiger partial charge in [-0.15, -0.1) is 0 Å². The van der Waals surface area contributed by atoms with Crippen molar-refractivity contribution in [3.8, 4) is 0 Å². The highest BCUT2D eigenvalue weighted by Crippen LogP contribution is 2.35. The standard InChI is InChI=1S/C12H17NO/c1-11(2)9-7-5-6-8-10(9)12(3,4)13(11)14/h5-8,13H,1-4H3. The number of rotatable bonds is 0. The van der Waals surface area contributed by atoms with E-state index < -0.39 is 0 Å². The zero-order valence-corrected chi connectivity index (χ0v) is 9.22. The largest absolute Gasteiger partial charge is 0.633 e. The van der Waals surface area contributed by atoms with E-state index in [9.17, 15) is 5.21 Å². The summed E-state index contributed by atoms with van der Waals surface area (Å²) in [6.07, 6.45) is 0. The summed E-state index contributed by atoms with van der Waals surface area (Å²) in [5.74, 6) is 0. The first-order valence-corrected chi connectivity index (χ1v) is 5.03. The Balaban J connectivity index is 2.70. The van der Waals surface area contributed by atoms with Crippen LogP contribution in [0, 0.1) is 5.21 Å². The predicted octanol–water partition coefficient (Wildman–Crippen LogP) is 1.55. The van der Waals surface area contributed by atoms with E-state index in [4.69, 9.17) is 0 Å². The fourth-order valence-corrected chi connectivity index (χ4v) is 2.60. The predicted molar refractivity (Wildman–Crippen MR) is 56.8 cm³/mol. The van der Waals surface area contributed by atoms with Crippen LogP contribution >= 0.6 is 0 Å². The normalized spacial score (nSPS) is 23.5. The molecule has 2 rings (SSSR count). The molecule has 1 aliphatic heterocycles. The van der Waals surface area contributed by atoms with Crippen molar-refractivity contribution in [1.82, 2.24) is 0 Å². The Morgan fingerprint density at radius 3 is 1.64 bits per heavy atom. The summed E-state index contributed by atoms with van der Waals surface area (Å²) in [5.41, 5.74) is 1.74. The maximum atomic E-state index is 12.2. The quantitative estimate of drug-likeness (QED) is 0.619. The summed E-state index contributed by atoms with van der Waals surface area (Å²) in [4.78, 5) is 0. The molecule has 14 heavy (non-hydrogen) atoms. The molecule has 76 valence electrons. The topological polar surface area (TPSA) is 27.5 Å². The van der Waals surface area contributed by atoms with E-state index in [1.165, 1.54) is 11.1 Å². The Bertz CT molecular complexity index is 333. The molecule has 1 aliphatic rings. The molecular formula is C12H17NO. The fourth-order valence-electron chi connectivity index (χ4n) is 2.60. The van der Waals surface area contributed by atoms with Gasteiger partial charge >= 0.3 is 0 Å². The van der Waals surface area contributed by atoms with Gasteiger partial charge in [0.2, 0.25) is 0 Å². The molecule has 2 heteroatoms. The number of benzene rings is 1. The number of quaternary nitrogens is 1. The summed E-state index contributed by atoms with van der Waals surface area (Å²) in [6.45, 7) is 8.07. The average molecular weight is 191 g/mol. The number of hydrogen-bond acceptors (Lipinski definition) is 1. The SMILES string of the molecule is CC1(C)c2ccccc2C(C)(C)[NH+]1[O-]. The molecule has 0 bridgehead atoms. The van der Waals surface area contributed by atoms with Crippen LogP contribution in [0.25, 0.3) is 0 Å². The Labute approximate surface area is 85.1 Å². The Morgan fingerprint density at radius 1 is 0.929 bits per heavy atom. The molecule has 0 radical (unpaired) electrons. The highest BCUT2D eigenvalue weighted by atomic mass is 16.5. The van der Waals surface area contributed by atoms with Crippen LogP contribution in [-0.4, -0.2) is 0 Å². The monoisotopic (exact) mass is 191 g/mol. The Hall–Kier alpha value is -0.860. The number of fused-ring (bicyclic) bond motifs is 1. The van der Waals surface area contributed by atoms with Gasteiger partial charge in [-0.1, -0.05) is 24.3 Å². The van der Waals surface area contributed by atoms with Crippen LogP contribution in [0.1, 0.15) is 38.8 Å². The van der Waals surface area contributed by atoms with Gasteiger partial charge in [0.05, 0.1) is 0 Å². The second kappa shape index (κ2) is 2.59. The molecule has 1 aromatic rings. The number of hydrogen-bond donors (Lipinski definition) is 1. The first-order chi connectivity index (χ1) is 6.38. The molecular weight excluding hydrogens is 174 g/mol. The van der Waals surface area contributed by atoms with Gasteiger partial charge in [0.1, 0.15) is 11.1 Å². The zero-order chi connectivity index (χ0) is 10.6. The molecule has 0 saturated heterocycles. The molecule has 0 amide bonds. The van der Waals surface area contributed by atoms with Crippen LogP contribution in [0.3, 0.4) is 0 Å². The van der Waals surface area contributed by atoms with Gasteiger partial charge in [-0.05, 0) is 27.7 Å². The van der Waals surface area contributed by atoms with Crippen LogP contribution in [0.4, 0.5) is 0 Å². The lowest BCUT2D eigenvalue weighted by Gasteiger charge is -2.40. The van der Waals surface area contributed by atoms with Gasteiger partial charge in [0.15, 0.2) is 0 Å². The lowest BCUT2D eigenvalue weighted by molar-refractivity contribution is -0.955. The van der Waals surface area contributed by atoms with Gasteiger partial charge in [0, 0.05) is 11.1 Å². The van der Waals surface area contributed by atoms with Gasteiger partial charge < -0.3 is 10.3 Å². The van der Waals surface area contributed by atoms with E-state index in [1.807, 2.05) is 39.8 Å². The minimum Gasteiger partial charge on any atom is -0.633 e. The maximum Gasteiger partial charge on any atom is 0.118 e. The van der Waals surface area contributed by atoms with Crippen molar-refractivity contribution >= 4 is 0 Å². The molecule has 1 heterocycles. The van der Waals surface area contributed by atoms with E-state index in [1.54, 1.807) is 0 Å². The van der Waals surface area contributed by atoms with Crippen LogP contribution in [0.15, 0.2) is 24.3 Å². The van der Waals surface area contributed by atoms with Gasteiger partial charge in [-0.3, -0.25) is 0 Å². The maximum absolute atomic E-state index is 12.2. The molecule has 0 fully saturated rings. The van der Waals surface area contributed by atoms with Crippen LogP contribution in [-0.2, 0) is 11.1 Å². The number of hydroxylamine groups is 2. The summed E-state index contributed by atoms with van der Waals surface area (Å²) in [6, 6.07) is 8.16. The molecule has 1 aromatic carbocycles. The van der Waals surface area contributed by atoms with Crippen LogP contribution in [0.2, 0.25) is 0 Å². The molecule has 0 atom stereocenters. The van der Waals surface area contributed by atoms with E-state index >= 15 is 0 Å². The number of nitrogens with one attached hydrogen (secondary N) is 1. The molecule has 0 aromatic heterocycles. The summed E-state index contributed by atoms with van der Waals surface area (Å²) in [7, 11) is 0. The van der Waals surface area contributed by atoms with Gasteiger partial charge in [-0.2, -0.15) is 0 Å². The zero-order valence-electron chi connectivity index (χ0n) is 9.22. The highest BCUT2D eigenvalue weighted by molar-refractivity contribution is 5.38. The second-order valence-corrected chi connectivity index (χ2v) is 5.12. The van der Waals surface area contributed by atoms with Crippen molar-refractivity contribution < 1.29 is 5.06 Å². The van der Waals surface area contributed by atoms with E-state index in [-0.39, 0.29) is 11.1 Å². The highest BCUT2D eigenvalue weighted by Gasteiger charge is 2.48. The van der Waals surface area contributed by atoms with Crippen LogP contribution in [0.5, 0.6) is 0 Å². The minimum absolute atomic E-state index is 0.319. The van der Waals surface area contributed by atoms with E-state index in [2.05, 4.69) is 12.1 Å². The van der Waals surface area contributed by atoms with Crippen molar-refractivity contribution in [2.45, 2.75) is 38.8 Å². The van der Waals surface area contributed by atoms with E-state index in [0.717, 1.165) is 0 Å². The lowest BCUT2D eigenvalue weighted by Crippen LogP contribution is -3.17. The first-order valence-electron chi connectivity index (χ1n) is 5.03. The third kappa shape index (κ3) is 0.983. The van der Waals surface area contributed by atoms with Crippen molar-refractivity contribution in [3.05, 3.63) is 40.6 Å². The summed E-state index contributed by atoms with van der Waals surface area (Å²) >= 11 is 0. The molecule has 2 nitrogen and oxygen atoms in total. The summed E-state index contributed by atoms with van der Waals surface area (Å²) in [5, 5.41) is 12.5. The molecule has 0 spiro atoms. The third-order valence-corrected chi connectivity index (χ3v) is 3.41. The van der Waals surface area contributed by atoms with Crippen molar-refractivity contribution in [2.24, 2.45) is 0 Å². The van der Waals surface area contributed by atoms with E-state index in [0.29, 0.717) is 5.06 Å². The fraction of sp³-hybridized carbons (Fsp3) is 0.500. The first kappa shape index (κ1) is 9.69. The molecule has 1 N–H and O–H groups in total. The summed E-state index contributed by atoms with van der Waals surface area (Å²) < 4.78 is 0. The van der Waals surface area contributed by atoms with Crippen molar-refractivity contribution in [1.29, 1.82) is 0 Å².